The zero-order chi connectivity index (χ0) is 19.8. The molecule has 0 aromatic heterocycles. The highest BCUT2D eigenvalue weighted by Crippen LogP contribution is 2.30. The van der Waals surface area contributed by atoms with E-state index in [1.807, 2.05) is 37.3 Å². The van der Waals surface area contributed by atoms with Crippen LogP contribution in [0, 0.1) is 16.0 Å². The van der Waals surface area contributed by atoms with Gasteiger partial charge in [-0.25, -0.2) is 4.99 Å². The minimum absolute atomic E-state index is 0.0763. The lowest BCUT2D eigenvalue weighted by Gasteiger charge is -2.14. The number of guanidine groups is 1. The van der Waals surface area contributed by atoms with Crippen molar-refractivity contribution in [3.8, 4) is 5.75 Å². The van der Waals surface area contributed by atoms with Crippen LogP contribution in [0.5, 0.6) is 5.75 Å². The molecular formula is C21H26N4O3. The monoisotopic (exact) mass is 382 g/mol. The molecular weight excluding hydrogens is 356 g/mol. The van der Waals surface area contributed by atoms with Gasteiger partial charge in [-0.15, -0.1) is 0 Å². The molecule has 0 aliphatic heterocycles. The standard InChI is InChI=1S/C21H26N4O3/c1-2-22-21(23-13-17-6-5-8-19(12-17)25(26)27)24-14-18-7-3-4-9-20(18)28-15-16-10-11-16/h3-9,12,16H,2,10-11,13-15H2,1H3,(H2,22,23,24). The van der Waals surface area contributed by atoms with Crippen molar-refractivity contribution in [2.24, 2.45) is 10.9 Å². The molecule has 0 heterocycles. The molecule has 0 unspecified atom stereocenters. The van der Waals surface area contributed by atoms with Crippen molar-refractivity contribution in [3.63, 3.8) is 0 Å². The largest absolute Gasteiger partial charge is 0.493 e. The summed E-state index contributed by atoms with van der Waals surface area (Å²) in [7, 11) is 0. The van der Waals surface area contributed by atoms with Crippen LogP contribution in [0.1, 0.15) is 30.9 Å². The summed E-state index contributed by atoms with van der Waals surface area (Å²) >= 11 is 0. The molecule has 2 aromatic rings. The Labute approximate surface area is 165 Å². The molecule has 1 aliphatic carbocycles. The molecule has 7 nitrogen and oxygen atoms in total. The van der Waals surface area contributed by atoms with Crippen LogP contribution in [0.4, 0.5) is 5.69 Å². The quantitative estimate of drug-likeness (QED) is 0.299. The number of hydrogen-bond donors (Lipinski definition) is 2. The molecule has 0 radical (unpaired) electrons. The zero-order valence-corrected chi connectivity index (χ0v) is 16.1. The van der Waals surface area contributed by atoms with Crippen LogP contribution in [0.25, 0.3) is 0 Å². The van der Waals surface area contributed by atoms with E-state index in [1.54, 1.807) is 12.1 Å². The maximum atomic E-state index is 10.9. The summed E-state index contributed by atoms with van der Waals surface area (Å²) in [6.45, 7) is 4.44. The van der Waals surface area contributed by atoms with Crippen LogP contribution < -0.4 is 15.4 Å². The Morgan fingerprint density at radius 1 is 1.21 bits per heavy atom. The van der Waals surface area contributed by atoms with E-state index in [0.29, 0.717) is 25.0 Å². The average molecular weight is 382 g/mol. The summed E-state index contributed by atoms with van der Waals surface area (Å²) in [6, 6.07) is 14.6. The number of nitrogens with one attached hydrogen (secondary N) is 2. The molecule has 28 heavy (non-hydrogen) atoms. The fraction of sp³-hybridized carbons (Fsp3) is 0.381. The molecule has 2 N–H and O–H groups in total. The first-order chi connectivity index (χ1) is 13.7. The molecule has 1 saturated carbocycles. The number of nitro benzene ring substituents is 1. The number of hydrogen-bond acceptors (Lipinski definition) is 4. The van der Waals surface area contributed by atoms with Crippen molar-refractivity contribution in [1.29, 1.82) is 0 Å². The average Bonchev–Trinajstić information content (AvgIpc) is 3.54. The van der Waals surface area contributed by atoms with Crippen molar-refractivity contribution in [2.45, 2.75) is 32.9 Å². The lowest BCUT2D eigenvalue weighted by molar-refractivity contribution is -0.384. The number of nitro groups is 1. The van der Waals surface area contributed by atoms with Gasteiger partial charge in [-0.2, -0.15) is 0 Å². The topological polar surface area (TPSA) is 88.8 Å². The van der Waals surface area contributed by atoms with E-state index >= 15 is 0 Å². The third-order valence-electron chi connectivity index (χ3n) is 4.48. The summed E-state index contributed by atoms with van der Waals surface area (Å²) in [6.07, 6.45) is 2.52. The van der Waals surface area contributed by atoms with Gasteiger partial charge in [-0.05, 0) is 37.3 Å². The van der Waals surface area contributed by atoms with Gasteiger partial charge in [0, 0.05) is 30.8 Å². The van der Waals surface area contributed by atoms with E-state index in [9.17, 15) is 10.1 Å². The molecule has 3 rings (SSSR count). The second kappa shape index (κ2) is 9.73. The minimum atomic E-state index is -0.394. The third kappa shape index (κ3) is 5.97. The predicted octanol–water partition coefficient (Wildman–Crippen LogP) is 3.64. The number of nitrogens with zero attached hydrogens (tertiary/aromatic N) is 2. The van der Waals surface area contributed by atoms with Crippen molar-refractivity contribution >= 4 is 11.6 Å². The Bertz CT molecular complexity index is 834. The first-order valence-electron chi connectivity index (χ1n) is 9.62. The number of non-ortho nitro benzene ring substituents is 1. The molecule has 2 aromatic carbocycles. The molecule has 1 aliphatic rings. The maximum absolute atomic E-state index is 10.9. The highest BCUT2D eigenvalue weighted by molar-refractivity contribution is 5.79. The number of benzene rings is 2. The normalized spacial score (nSPS) is 13.8. The number of rotatable bonds is 9. The maximum Gasteiger partial charge on any atom is 0.269 e. The van der Waals surface area contributed by atoms with Crippen molar-refractivity contribution in [3.05, 3.63) is 69.8 Å². The fourth-order valence-corrected chi connectivity index (χ4v) is 2.74. The van der Waals surface area contributed by atoms with Crippen LogP contribution in [0.15, 0.2) is 53.5 Å². The molecule has 0 bridgehead atoms. The van der Waals surface area contributed by atoms with Gasteiger partial charge in [0.15, 0.2) is 5.96 Å². The molecule has 1 fully saturated rings. The van der Waals surface area contributed by atoms with Gasteiger partial charge < -0.3 is 15.4 Å². The second-order valence-electron chi connectivity index (χ2n) is 6.84. The molecule has 148 valence electrons. The molecule has 0 atom stereocenters. The lowest BCUT2D eigenvalue weighted by atomic mass is 10.2. The highest BCUT2D eigenvalue weighted by Gasteiger charge is 2.22. The van der Waals surface area contributed by atoms with Crippen molar-refractivity contribution in [1.82, 2.24) is 10.6 Å². The minimum Gasteiger partial charge on any atom is -0.493 e. The first-order valence-corrected chi connectivity index (χ1v) is 9.62. The second-order valence-corrected chi connectivity index (χ2v) is 6.84. The summed E-state index contributed by atoms with van der Waals surface area (Å²) in [5, 5.41) is 17.4. The molecule has 7 heteroatoms. The summed E-state index contributed by atoms with van der Waals surface area (Å²) in [5.74, 6) is 2.26. The van der Waals surface area contributed by atoms with E-state index in [-0.39, 0.29) is 5.69 Å². The zero-order valence-electron chi connectivity index (χ0n) is 16.1. The van der Waals surface area contributed by atoms with E-state index < -0.39 is 4.92 Å². The molecule has 0 spiro atoms. The van der Waals surface area contributed by atoms with Gasteiger partial charge in [0.1, 0.15) is 5.75 Å². The Morgan fingerprint density at radius 2 is 2.04 bits per heavy atom. The Morgan fingerprint density at radius 3 is 2.79 bits per heavy atom. The fourth-order valence-electron chi connectivity index (χ4n) is 2.74. The van der Waals surface area contributed by atoms with Crippen LogP contribution >= 0.6 is 0 Å². The van der Waals surface area contributed by atoms with Crippen LogP contribution in [0.3, 0.4) is 0 Å². The number of aliphatic imine (C=N–C) groups is 1. The smallest absolute Gasteiger partial charge is 0.269 e. The molecule has 0 saturated heterocycles. The first kappa shape index (κ1) is 19.7. The Balaban J connectivity index is 1.62. The SMILES string of the molecule is CCNC(=NCc1cccc([N+](=O)[O-])c1)NCc1ccccc1OCC1CC1. The van der Waals surface area contributed by atoms with E-state index in [4.69, 9.17) is 4.74 Å². The van der Waals surface area contributed by atoms with Crippen molar-refractivity contribution in [2.75, 3.05) is 13.2 Å². The van der Waals surface area contributed by atoms with Crippen molar-refractivity contribution < 1.29 is 9.66 Å². The van der Waals surface area contributed by atoms with Gasteiger partial charge in [0.2, 0.25) is 0 Å². The van der Waals surface area contributed by atoms with E-state index in [1.165, 1.54) is 18.9 Å². The van der Waals surface area contributed by atoms with Gasteiger partial charge >= 0.3 is 0 Å². The van der Waals surface area contributed by atoms with Gasteiger partial charge in [-0.3, -0.25) is 10.1 Å². The third-order valence-corrected chi connectivity index (χ3v) is 4.48. The number of para-hydroxylation sites is 1. The lowest BCUT2D eigenvalue weighted by Crippen LogP contribution is -2.36. The van der Waals surface area contributed by atoms with Gasteiger partial charge in [0.25, 0.3) is 5.69 Å². The summed E-state index contributed by atoms with van der Waals surface area (Å²) < 4.78 is 5.95. The van der Waals surface area contributed by atoms with Gasteiger partial charge in [-0.1, -0.05) is 30.3 Å². The molecule has 0 amide bonds. The van der Waals surface area contributed by atoms with Gasteiger partial charge in [0.05, 0.1) is 18.1 Å². The Kier molecular flexibility index (Phi) is 6.84. The number of ether oxygens (including phenoxy) is 1. The van der Waals surface area contributed by atoms with Crippen LogP contribution in [-0.2, 0) is 13.1 Å². The van der Waals surface area contributed by atoms with E-state index in [2.05, 4.69) is 15.6 Å². The van der Waals surface area contributed by atoms with Crippen LogP contribution in [0.2, 0.25) is 0 Å². The van der Waals surface area contributed by atoms with E-state index in [0.717, 1.165) is 30.0 Å². The summed E-state index contributed by atoms with van der Waals surface area (Å²) in [4.78, 5) is 15.1. The highest BCUT2D eigenvalue weighted by atomic mass is 16.6. The Hall–Kier alpha value is -3.09. The van der Waals surface area contributed by atoms with Crippen LogP contribution in [-0.4, -0.2) is 24.0 Å². The predicted molar refractivity (Wildman–Crippen MR) is 109 cm³/mol. The summed E-state index contributed by atoms with van der Waals surface area (Å²) in [5.41, 5.74) is 1.94.